The first-order valence-corrected chi connectivity index (χ1v) is 3.97. The molecule has 0 aromatic rings. The average molecular weight is 171 g/mol. The summed E-state index contributed by atoms with van der Waals surface area (Å²) >= 11 is 0. The van der Waals surface area contributed by atoms with Gasteiger partial charge in [-0.2, -0.15) is 0 Å². The number of carbonyl (C=O) groups is 2. The molecule has 1 aliphatic heterocycles. The third kappa shape index (κ3) is 1.73. The van der Waals surface area contributed by atoms with Crippen LogP contribution >= 0.6 is 0 Å². The van der Waals surface area contributed by atoms with Gasteiger partial charge < -0.3 is 11.1 Å². The SMILES string of the molecule is C[C@@H]1NCCCN(C(N)=O)C1=O. The first kappa shape index (κ1) is 8.99. The Balaban J connectivity index is 2.71. The van der Waals surface area contributed by atoms with Crippen molar-refractivity contribution in [2.75, 3.05) is 13.1 Å². The fraction of sp³-hybridized carbons (Fsp3) is 0.714. The lowest BCUT2D eigenvalue weighted by Crippen LogP contribution is -2.46. The standard InChI is InChI=1S/C7H13N3O2/c1-5-6(11)10(7(8)12)4-2-3-9-5/h5,9H,2-4H2,1H3,(H2,8,12)/t5-/m0/s1. The number of hydrogen-bond donors (Lipinski definition) is 2. The van der Waals surface area contributed by atoms with Gasteiger partial charge in [0.15, 0.2) is 0 Å². The van der Waals surface area contributed by atoms with Crippen LogP contribution in [0.5, 0.6) is 0 Å². The van der Waals surface area contributed by atoms with E-state index >= 15 is 0 Å². The fourth-order valence-corrected chi connectivity index (χ4v) is 1.21. The van der Waals surface area contributed by atoms with Crippen LogP contribution in [0.25, 0.3) is 0 Å². The van der Waals surface area contributed by atoms with Gasteiger partial charge in [-0.25, -0.2) is 4.79 Å². The van der Waals surface area contributed by atoms with Crippen molar-refractivity contribution in [2.24, 2.45) is 5.73 Å². The Kier molecular flexibility index (Phi) is 2.65. The lowest BCUT2D eigenvalue weighted by atomic mass is 10.3. The number of hydrogen-bond acceptors (Lipinski definition) is 3. The summed E-state index contributed by atoms with van der Waals surface area (Å²) in [7, 11) is 0. The lowest BCUT2D eigenvalue weighted by molar-refractivity contribution is -0.129. The maximum absolute atomic E-state index is 11.3. The van der Waals surface area contributed by atoms with Gasteiger partial charge in [-0.15, -0.1) is 0 Å². The van der Waals surface area contributed by atoms with Crippen molar-refractivity contribution >= 4 is 11.9 Å². The molecule has 0 aliphatic carbocycles. The number of amides is 3. The van der Waals surface area contributed by atoms with Crippen LogP contribution in [0.2, 0.25) is 0 Å². The molecule has 1 atom stereocenters. The van der Waals surface area contributed by atoms with Gasteiger partial charge in [0.25, 0.3) is 0 Å². The van der Waals surface area contributed by atoms with Crippen molar-refractivity contribution in [1.82, 2.24) is 10.2 Å². The van der Waals surface area contributed by atoms with Crippen LogP contribution in [0.15, 0.2) is 0 Å². The minimum atomic E-state index is -0.657. The van der Waals surface area contributed by atoms with Crippen molar-refractivity contribution in [2.45, 2.75) is 19.4 Å². The van der Waals surface area contributed by atoms with Gasteiger partial charge in [0.1, 0.15) is 0 Å². The maximum Gasteiger partial charge on any atom is 0.321 e. The summed E-state index contributed by atoms with van der Waals surface area (Å²) in [5.41, 5.74) is 5.03. The summed E-state index contributed by atoms with van der Waals surface area (Å²) in [6, 6.07) is -0.962. The molecule has 0 bridgehead atoms. The zero-order valence-electron chi connectivity index (χ0n) is 7.04. The number of imide groups is 1. The van der Waals surface area contributed by atoms with Crippen molar-refractivity contribution in [3.8, 4) is 0 Å². The molecule has 1 heterocycles. The number of nitrogens with zero attached hydrogens (tertiary/aromatic N) is 1. The van der Waals surface area contributed by atoms with Crippen LogP contribution in [0, 0.1) is 0 Å². The van der Waals surface area contributed by atoms with Gasteiger partial charge in [-0.1, -0.05) is 0 Å². The molecular formula is C7H13N3O2. The zero-order valence-corrected chi connectivity index (χ0v) is 7.04. The minimum absolute atomic E-state index is 0.236. The highest BCUT2D eigenvalue weighted by atomic mass is 16.2. The average Bonchev–Trinajstić information content (AvgIpc) is 2.15. The predicted octanol–water partition coefficient (Wildman–Crippen LogP) is -0.724. The molecule has 1 rings (SSSR count). The second-order valence-electron chi connectivity index (χ2n) is 2.86. The summed E-state index contributed by atoms with van der Waals surface area (Å²) in [5.74, 6) is -0.236. The highest BCUT2D eigenvalue weighted by Crippen LogP contribution is 2.01. The molecule has 1 saturated heterocycles. The van der Waals surface area contributed by atoms with Crippen LogP contribution < -0.4 is 11.1 Å². The van der Waals surface area contributed by atoms with Crippen molar-refractivity contribution < 1.29 is 9.59 Å². The van der Waals surface area contributed by atoms with E-state index in [0.29, 0.717) is 6.54 Å². The number of rotatable bonds is 0. The highest BCUT2D eigenvalue weighted by molar-refractivity contribution is 5.96. The molecule has 0 spiro atoms. The quantitative estimate of drug-likeness (QED) is 0.505. The van der Waals surface area contributed by atoms with E-state index in [2.05, 4.69) is 5.32 Å². The smallest absolute Gasteiger partial charge is 0.321 e. The Morgan fingerprint density at radius 1 is 1.75 bits per heavy atom. The highest BCUT2D eigenvalue weighted by Gasteiger charge is 2.25. The second-order valence-corrected chi connectivity index (χ2v) is 2.86. The summed E-state index contributed by atoms with van der Waals surface area (Å²) in [6.07, 6.45) is 0.763. The number of urea groups is 1. The van der Waals surface area contributed by atoms with Crippen molar-refractivity contribution in [1.29, 1.82) is 0 Å². The molecular weight excluding hydrogens is 158 g/mol. The molecule has 5 nitrogen and oxygen atoms in total. The third-order valence-electron chi connectivity index (χ3n) is 1.91. The Morgan fingerprint density at radius 3 is 3.00 bits per heavy atom. The van der Waals surface area contributed by atoms with E-state index in [1.807, 2.05) is 0 Å². The number of primary amides is 1. The van der Waals surface area contributed by atoms with E-state index in [4.69, 9.17) is 5.73 Å². The van der Waals surface area contributed by atoms with E-state index in [0.717, 1.165) is 17.9 Å². The summed E-state index contributed by atoms with van der Waals surface area (Å²) in [6.45, 7) is 2.89. The van der Waals surface area contributed by atoms with Gasteiger partial charge in [-0.05, 0) is 19.9 Å². The Bertz CT molecular complexity index is 205. The molecule has 3 N–H and O–H groups in total. The van der Waals surface area contributed by atoms with Crippen LogP contribution in [-0.4, -0.2) is 36.0 Å². The molecule has 3 amide bonds. The fourth-order valence-electron chi connectivity index (χ4n) is 1.21. The van der Waals surface area contributed by atoms with E-state index in [1.54, 1.807) is 6.92 Å². The van der Waals surface area contributed by atoms with Gasteiger partial charge >= 0.3 is 6.03 Å². The molecule has 5 heteroatoms. The Hall–Kier alpha value is -1.10. The molecule has 68 valence electrons. The normalized spacial score (nSPS) is 25.2. The van der Waals surface area contributed by atoms with Gasteiger partial charge in [0.2, 0.25) is 5.91 Å². The molecule has 0 aromatic heterocycles. The van der Waals surface area contributed by atoms with E-state index in [9.17, 15) is 9.59 Å². The maximum atomic E-state index is 11.3. The van der Waals surface area contributed by atoms with Crippen LogP contribution in [-0.2, 0) is 4.79 Å². The minimum Gasteiger partial charge on any atom is -0.351 e. The van der Waals surface area contributed by atoms with Gasteiger partial charge in [0, 0.05) is 6.54 Å². The summed E-state index contributed by atoms with van der Waals surface area (Å²) in [5, 5.41) is 2.98. The van der Waals surface area contributed by atoms with Crippen molar-refractivity contribution in [3.63, 3.8) is 0 Å². The van der Waals surface area contributed by atoms with Crippen LogP contribution in [0.3, 0.4) is 0 Å². The molecule has 1 aliphatic rings. The van der Waals surface area contributed by atoms with Gasteiger partial charge in [0.05, 0.1) is 6.04 Å². The molecule has 0 radical (unpaired) electrons. The van der Waals surface area contributed by atoms with Crippen molar-refractivity contribution in [3.05, 3.63) is 0 Å². The van der Waals surface area contributed by atoms with Crippen LogP contribution in [0.1, 0.15) is 13.3 Å². The Morgan fingerprint density at radius 2 is 2.42 bits per heavy atom. The molecule has 0 saturated carbocycles. The first-order chi connectivity index (χ1) is 5.63. The van der Waals surface area contributed by atoms with E-state index in [1.165, 1.54) is 0 Å². The number of carbonyl (C=O) groups excluding carboxylic acids is 2. The zero-order chi connectivity index (χ0) is 9.14. The van der Waals surface area contributed by atoms with E-state index < -0.39 is 6.03 Å². The van der Waals surface area contributed by atoms with E-state index in [-0.39, 0.29) is 11.9 Å². The molecule has 0 unspecified atom stereocenters. The summed E-state index contributed by atoms with van der Waals surface area (Å²) < 4.78 is 0. The largest absolute Gasteiger partial charge is 0.351 e. The first-order valence-electron chi connectivity index (χ1n) is 3.97. The number of nitrogens with one attached hydrogen (secondary N) is 1. The molecule has 0 aromatic carbocycles. The second kappa shape index (κ2) is 3.53. The summed E-state index contributed by atoms with van der Waals surface area (Å²) in [4.78, 5) is 23.2. The third-order valence-corrected chi connectivity index (χ3v) is 1.91. The monoisotopic (exact) mass is 171 g/mol. The Labute approximate surface area is 70.9 Å². The number of nitrogens with two attached hydrogens (primary N) is 1. The lowest BCUT2D eigenvalue weighted by Gasteiger charge is -2.17. The molecule has 1 fully saturated rings. The van der Waals surface area contributed by atoms with Gasteiger partial charge in [-0.3, -0.25) is 9.69 Å². The predicted molar refractivity (Wildman–Crippen MR) is 43.4 cm³/mol. The molecule has 12 heavy (non-hydrogen) atoms. The topological polar surface area (TPSA) is 75.4 Å². The van der Waals surface area contributed by atoms with Crippen LogP contribution in [0.4, 0.5) is 4.79 Å².